The molecule has 0 rings (SSSR count). The van der Waals surface area contributed by atoms with Crippen molar-refractivity contribution in [2.24, 2.45) is 5.41 Å². The number of likely N-dealkylation sites (N-methyl/N-ethyl adjacent to an activating group) is 1. The molecule has 0 atom stereocenters. The second-order valence-corrected chi connectivity index (χ2v) is 8.12. The van der Waals surface area contributed by atoms with Crippen molar-refractivity contribution in [3.05, 3.63) is 0 Å². The Morgan fingerprint density at radius 1 is 1.20 bits per heavy atom. The molecule has 0 spiro atoms. The van der Waals surface area contributed by atoms with Gasteiger partial charge in [-0.1, -0.05) is 6.92 Å². The van der Waals surface area contributed by atoms with Crippen LogP contribution in [0.15, 0.2) is 0 Å². The van der Waals surface area contributed by atoms with Crippen molar-refractivity contribution in [3.63, 3.8) is 0 Å². The number of quaternary nitrogens is 1. The van der Waals surface area contributed by atoms with Crippen LogP contribution in [0.3, 0.4) is 0 Å². The standard InChI is InChI=1S/C13H29NO5S/c1-6-13(2,3)12(15)19-10-9-14(4,5)8-7-11-20(16,17)18/h6-11H2,1-5H3,(H2-,16,17,18)/p+1. The summed E-state index contributed by atoms with van der Waals surface area (Å²) < 4.78 is 32.6. The lowest BCUT2D eigenvalue weighted by atomic mass is 9.91. The molecule has 122 valence electrons. The third kappa shape index (κ3) is 8.76. The fraction of sp³-hybridized carbons (Fsp3) is 0.923. The first kappa shape index (κ1) is 19.7. The molecular weight excluding hydrogens is 282 g/mol. The van der Waals surface area contributed by atoms with Gasteiger partial charge in [-0.05, 0) is 20.3 Å². The average Bonchev–Trinajstić information content (AvgIpc) is 2.26. The largest absolute Gasteiger partial charge is 0.459 e. The van der Waals surface area contributed by atoms with E-state index in [9.17, 15) is 4.79 Å². The van der Waals surface area contributed by atoms with E-state index >= 15 is 0 Å². The molecule has 20 heavy (non-hydrogen) atoms. The highest BCUT2D eigenvalue weighted by atomic mass is 32.3. The van der Waals surface area contributed by atoms with Crippen LogP contribution in [0.2, 0.25) is 0 Å². The molecule has 0 amide bonds. The lowest BCUT2D eigenvalue weighted by Gasteiger charge is -2.31. The number of rotatable bonds is 9. The number of hydrogen-bond acceptors (Lipinski definition) is 5. The van der Waals surface area contributed by atoms with Crippen molar-refractivity contribution < 1.29 is 27.7 Å². The Morgan fingerprint density at radius 3 is 2.20 bits per heavy atom. The Hall–Kier alpha value is -0.340. The molecule has 3 N–H and O–H groups in total. The van der Waals surface area contributed by atoms with E-state index in [2.05, 4.69) is 0 Å². The molecule has 0 fully saturated rings. The zero-order chi connectivity index (χ0) is 16.0. The molecule has 0 aromatic rings. The van der Waals surface area contributed by atoms with Gasteiger partial charge in [0, 0.05) is 6.42 Å². The zero-order valence-electron chi connectivity index (χ0n) is 13.3. The molecule has 0 unspecified atom stereocenters. The number of hydrogen-bond donors (Lipinski definition) is 3. The fourth-order valence-corrected chi connectivity index (χ4v) is 2.04. The minimum Gasteiger partial charge on any atom is -0.459 e. The summed E-state index contributed by atoms with van der Waals surface area (Å²) in [4.78, 5) is 11.8. The van der Waals surface area contributed by atoms with E-state index in [0.717, 1.165) is 6.42 Å². The fourth-order valence-electron chi connectivity index (χ4n) is 1.52. The Bertz CT molecular complexity index is 312. The smallest absolute Gasteiger partial charge is 0.311 e. The average molecular weight is 312 g/mol. The van der Waals surface area contributed by atoms with Crippen molar-refractivity contribution in [2.75, 3.05) is 39.5 Å². The van der Waals surface area contributed by atoms with Crippen LogP contribution in [0.25, 0.3) is 0 Å². The molecule has 0 aromatic heterocycles. The molecule has 0 aliphatic rings. The number of carbonyl (C=O) groups is 1. The van der Waals surface area contributed by atoms with Gasteiger partial charge in [0.05, 0.1) is 42.7 Å². The first-order chi connectivity index (χ1) is 8.90. The van der Waals surface area contributed by atoms with Crippen LogP contribution >= 0.6 is 10.9 Å². The van der Waals surface area contributed by atoms with Crippen molar-refractivity contribution in [2.45, 2.75) is 33.6 Å². The van der Waals surface area contributed by atoms with E-state index in [1.54, 1.807) is 0 Å². The van der Waals surface area contributed by atoms with Crippen LogP contribution < -0.4 is 0 Å². The van der Waals surface area contributed by atoms with E-state index in [-0.39, 0.29) is 11.7 Å². The van der Waals surface area contributed by atoms with Gasteiger partial charge in [0.2, 0.25) is 0 Å². The number of nitrogens with zero attached hydrogens (tertiary/aromatic N) is 1. The van der Waals surface area contributed by atoms with E-state index in [1.807, 2.05) is 34.9 Å². The first-order valence-corrected chi connectivity index (χ1v) is 8.54. The molecule has 6 nitrogen and oxygen atoms in total. The lowest BCUT2D eigenvalue weighted by molar-refractivity contribution is -0.890. The third-order valence-electron chi connectivity index (χ3n) is 3.55. The van der Waals surface area contributed by atoms with E-state index < -0.39 is 16.3 Å². The van der Waals surface area contributed by atoms with Gasteiger partial charge in [-0.25, -0.2) is 0 Å². The molecule has 0 aromatic carbocycles. The van der Waals surface area contributed by atoms with Crippen molar-refractivity contribution in [1.29, 1.82) is 0 Å². The maximum absolute atomic E-state index is 11.8. The molecular formula is C13H30NO5S+. The van der Waals surface area contributed by atoms with E-state index in [1.165, 1.54) is 0 Å². The van der Waals surface area contributed by atoms with Gasteiger partial charge < -0.3 is 22.9 Å². The maximum Gasteiger partial charge on any atom is 0.311 e. The second-order valence-electron chi connectivity index (χ2n) is 6.45. The van der Waals surface area contributed by atoms with Gasteiger partial charge in [0.25, 0.3) is 0 Å². The van der Waals surface area contributed by atoms with Gasteiger partial charge >= 0.3 is 5.97 Å². The molecule has 0 heterocycles. The van der Waals surface area contributed by atoms with Gasteiger partial charge in [-0.2, -0.15) is 0 Å². The van der Waals surface area contributed by atoms with Crippen molar-refractivity contribution in [3.8, 4) is 0 Å². The molecule has 0 saturated heterocycles. The summed E-state index contributed by atoms with van der Waals surface area (Å²) in [7, 11) is 0.550. The predicted molar refractivity (Wildman–Crippen MR) is 81.8 cm³/mol. The van der Waals surface area contributed by atoms with E-state index in [0.29, 0.717) is 30.6 Å². The normalized spacial score (nSPS) is 14.2. The van der Waals surface area contributed by atoms with Crippen LogP contribution in [0, 0.1) is 5.41 Å². The molecule has 0 saturated carbocycles. The van der Waals surface area contributed by atoms with Crippen LogP contribution in [0.4, 0.5) is 0 Å². The van der Waals surface area contributed by atoms with Crippen LogP contribution in [0.5, 0.6) is 0 Å². The van der Waals surface area contributed by atoms with Crippen LogP contribution in [-0.2, 0) is 9.53 Å². The number of ether oxygens (including phenoxy) is 1. The summed E-state index contributed by atoms with van der Waals surface area (Å²) in [5.41, 5.74) is -0.454. The quantitative estimate of drug-likeness (QED) is 0.450. The highest BCUT2D eigenvalue weighted by molar-refractivity contribution is 8.19. The van der Waals surface area contributed by atoms with Gasteiger partial charge in [0.1, 0.15) is 13.2 Å². The Morgan fingerprint density at radius 2 is 1.75 bits per heavy atom. The Kier molecular flexibility index (Phi) is 7.48. The Balaban J connectivity index is 4.02. The maximum atomic E-state index is 11.8. The highest BCUT2D eigenvalue weighted by Gasteiger charge is 2.27. The Labute approximate surface area is 123 Å². The summed E-state index contributed by atoms with van der Waals surface area (Å²) in [6, 6.07) is 0. The molecule has 0 radical (unpaired) electrons. The van der Waals surface area contributed by atoms with Crippen LogP contribution in [-0.4, -0.2) is 63.7 Å². The topological polar surface area (TPSA) is 87.0 Å². The molecule has 0 aliphatic heterocycles. The van der Waals surface area contributed by atoms with Gasteiger partial charge in [-0.15, -0.1) is 0 Å². The summed E-state index contributed by atoms with van der Waals surface area (Å²) in [6.45, 7) is 7.34. The number of esters is 1. The second kappa shape index (κ2) is 7.61. The molecule has 7 heteroatoms. The predicted octanol–water partition coefficient (Wildman–Crippen LogP) is 2.66. The van der Waals surface area contributed by atoms with Gasteiger partial charge in [0.15, 0.2) is 0 Å². The summed E-state index contributed by atoms with van der Waals surface area (Å²) in [5.74, 6) is -0.207. The summed E-state index contributed by atoms with van der Waals surface area (Å²) >= 11 is 0. The van der Waals surface area contributed by atoms with Crippen molar-refractivity contribution >= 4 is 16.8 Å². The van der Waals surface area contributed by atoms with Crippen molar-refractivity contribution in [1.82, 2.24) is 0 Å². The minimum absolute atomic E-state index is 0.0165. The molecule has 0 aliphatic carbocycles. The first-order valence-electron chi connectivity index (χ1n) is 6.87. The van der Waals surface area contributed by atoms with Crippen LogP contribution in [0.1, 0.15) is 33.6 Å². The molecule has 0 bridgehead atoms. The highest BCUT2D eigenvalue weighted by Crippen LogP contribution is 2.33. The minimum atomic E-state index is -3.40. The van der Waals surface area contributed by atoms with E-state index in [4.69, 9.17) is 18.4 Å². The SMILES string of the molecule is CCC(C)(C)C(=O)OCC[N+](C)(C)CCCS(O)(O)O. The summed E-state index contributed by atoms with van der Waals surface area (Å²) in [6.07, 6.45) is 1.23. The summed E-state index contributed by atoms with van der Waals surface area (Å²) in [5, 5.41) is 0. The zero-order valence-corrected chi connectivity index (χ0v) is 14.1. The monoisotopic (exact) mass is 312 g/mol. The van der Waals surface area contributed by atoms with Gasteiger partial charge in [-0.3, -0.25) is 4.79 Å². The number of carbonyl (C=O) groups excluding carboxylic acids is 1. The third-order valence-corrected chi connectivity index (χ3v) is 4.38. The lowest BCUT2D eigenvalue weighted by Crippen LogP contribution is -2.44.